The number of ether oxygens (including phenoxy) is 2. The summed E-state index contributed by atoms with van der Waals surface area (Å²) in [6, 6.07) is 4.32. The predicted molar refractivity (Wildman–Crippen MR) is 65.8 cm³/mol. The van der Waals surface area contributed by atoms with Crippen molar-refractivity contribution >= 4 is 0 Å². The van der Waals surface area contributed by atoms with E-state index in [1.165, 1.54) is 43.2 Å². The molecule has 1 aliphatic heterocycles. The second-order valence-corrected chi connectivity index (χ2v) is 5.58. The van der Waals surface area contributed by atoms with E-state index in [4.69, 9.17) is 9.47 Å². The third-order valence-corrected chi connectivity index (χ3v) is 4.83. The van der Waals surface area contributed by atoms with Gasteiger partial charge in [0.15, 0.2) is 11.5 Å². The summed E-state index contributed by atoms with van der Waals surface area (Å²) < 4.78 is 11.7. The van der Waals surface area contributed by atoms with Gasteiger partial charge in [-0.1, -0.05) is 6.07 Å². The molecule has 0 spiro atoms. The van der Waals surface area contributed by atoms with Gasteiger partial charge in [-0.05, 0) is 49.7 Å². The molecule has 1 heterocycles. The highest BCUT2D eigenvalue weighted by molar-refractivity contribution is 5.57. The highest BCUT2D eigenvalue weighted by Gasteiger charge is 2.46. The zero-order valence-electron chi connectivity index (χ0n) is 10.2. The van der Waals surface area contributed by atoms with E-state index in [2.05, 4.69) is 12.1 Å². The fraction of sp³-hybridized carbons (Fsp3) is 0.600. The Balaban J connectivity index is 1.91. The summed E-state index contributed by atoms with van der Waals surface area (Å²) in [4.78, 5) is 0. The fourth-order valence-corrected chi connectivity index (χ4v) is 4.10. The van der Waals surface area contributed by atoms with Gasteiger partial charge in [0.05, 0.1) is 7.11 Å². The summed E-state index contributed by atoms with van der Waals surface area (Å²) in [7, 11) is 1.74. The largest absolute Gasteiger partial charge is 0.493 e. The van der Waals surface area contributed by atoms with E-state index in [9.17, 15) is 0 Å². The Hall–Kier alpha value is -1.18. The number of aryl methyl sites for hydroxylation is 1. The average molecular weight is 230 g/mol. The zero-order valence-corrected chi connectivity index (χ0v) is 10.2. The van der Waals surface area contributed by atoms with Gasteiger partial charge in [-0.2, -0.15) is 0 Å². The van der Waals surface area contributed by atoms with Gasteiger partial charge < -0.3 is 9.47 Å². The van der Waals surface area contributed by atoms with Gasteiger partial charge in [0, 0.05) is 11.5 Å². The van der Waals surface area contributed by atoms with Crippen molar-refractivity contribution in [2.45, 2.75) is 44.1 Å². The van der Waals surface area contributed by atoms with Crippen LogP contribution in [0.3, 0.4) is 0 Å². The van der Waals surface area contributed by atoms with Crippen molar-refractivity contribution in [1.29, 1.82) is 0 Å². The van der Waals surface area contributed by atoms with Crippen molar-refractivity contribution in [2.24, 2.45) is 5.92 Å². The summed E-state index contributed by atoms with van der Waals surface area (Å²) in [5, 5.41) is 0. The normalized spacial score (nSPS) is 32.9. The highest BCUT2D eigenvalue weighted by atomic mass is 16.5. The average Bonchev–Trinajstić information content (AvgIpc) is 2.77. The van der Waals surface area contributed by atoms with Crippen molar-refractivity contribution in [1.82, 2.24) is 0 Å². The van der Waals surface area contributed by atoms with Crippen molar-refractivity contribution in [3.63, 3.8) is 0 Å². The Labute approximate surface area is 102 Å². The molecule has 2 unspecified atom stereocenters. The highest BCUT2D eigenvalue weighted by Crippen LogP contribution is 2.56. The lowest BCUT2D eigenvalue weighted by Gasteiger charge is -2.36. The molecule has 1 fully saturated rings. The maximum atomic E-state index is 6.20. The third-order valence-electron chi connectivity index (χ3n) is 4.83. The summed E-state index contributed by atoms with van der Waals surface area (Å²) in [5.41, 5.74) is 3.00. The lowest BCUT2D eigenvalue weighted by atomic mass is 9.68. The Bertz CT molecular complexity index is 466. The van der Waals surface area contributed by atoms with E-state index in [-0.39, 0.29) is 0 Å². The zero-order chi connectivity index (χ0) is 11.4. The molecule has 0 aromatic heterocycles. The van der Waals surface area contributed by atoms with Crippen LogP contribution in [-0.2, 0) is 6.42 Å². The van der Waals surface area contributed by atoms with Gasteiger partial charge in [0.25, 0.3) is 0 Å². The molecule has 17 heavy (non-hydrogen) atoms. The Kier molecular flexibility index (Phi) is 1.97. The molecule has 90 valence electrons. The van der Waals surface area contributed by atoms with Crippen LogP contribution in [0.25, 0.3) is 0 Å². The smallest absolute Gasteiger partial charge is 0.165 e. The maximum Gasteiger partial charge on any atom is 0.165 e. The van der Waals surface area contributed by atoms with Crippen LogP contribution in [0.5, 0.6) is 11.5 Å². The lowest BCUT2D eigenvalue weighted by molar-refractivity contribution is 0.118. The molecule has 3 atom stereocenters. The molecule has 2 heteroatoms. The van der Waals surface area contributed by atoms with E-state index in [0.717, 1.165) is 17.4 Å². The summed E-state index contributed by atoms with van der Waals surface area (Å²) >= 11 is 0. The molecule has 2 nitrogen and oxygen atoms in total. The van der Waals surface area contributed by atoms with Gasteiger partial charge >= 0.3 is 0 Å². The molecular formula is C15H18O2. The first-order chi connectivity index (χ1) is 8.38. The van der Waals surface area contributed by atoms with Crippen molar-refractivity contribution in [3.8, 4) is 11.5 Å². The van der Waals surface area contributed by atoms with Crippen molar-refractivity contribution in [2.75, 3.05) is 7.11 Å². The van der Waals surface area contributed by atoms with E-state index in [0.29, 0.717) is 12.0 Å². The summed E-state index contributed by atoms with van der Waals surface area (Å²) in [5.74, 6) is 3.51. The number of hydrogen-bond acceptors (Lipinski definition) is 2. The molecule has 0 radical (unpaired) electrons. The predicted octanol–water partition coefficient (Wildman–Crippen LogP) is 3.29. The van der Waals surface area contributed by atoms with Crippen molar-refractivity contribution in [3.05, 3.63) is 23.3 Å². The minimum atomic E-state index is 0.430. The number of methoxy groups -OCH3 is 1. The Morgan fingerprint density at radius 1 is 1.24 bits per heavy atom. The van der Waals surface area contributed by atoms with Crippen LogP contribution in [0.15, 0.2) is 12.1 Å². The molecule has 3 aliphatic rings. The molecular weight excluding hydrogens is 212 g/mol. The Morgan fingerprint density at radius 2 is 2.18 bits per heavy atom. The summed E-state index contributed by atoms with van der Waals surface area (Å²) in [6.45, 7) is 0. The standard InChI is InChI=1S/C15H18O2/c1-16-12-8-7-10-6-5-9-3-2-4-11-13(9)14(10)15(12)17-11/h7-9,11,13H,2-6H2,1H3/t9?,11-,13?/m1/s1. The molecule has 0 saturated heterocycles. The van der Waals surface area contributed by atoms with Gasteiger partial charge in [0.2, 0.25) is 0 Å². The van der Waals surface area contributed by atoms with E-state index >= 15 is 0 Å². The van der Waals surface area contributed by atoms with E-state index in [1.54, 1.807) is 7.11 Å². The number of hydrogen-bond donors (Lipinski definition) is 0. The number of benzene rings is 1. The lowest BCUT2D eigenvalue weighted by Crippen LogP contribution is -2.32. The molecule has 1 aromatic carbocycles. The third kappa shape index (κ3) is 1.21. The number of rotatable bonds is 1. The molecule has 1 aromatic rings. The molecule has 0 amide bonds. The fourth-order valence-electron chi connectivity index (χ4n) is 4.10. The van der Waals surface area contributed by atoms with Crippen LogP contribution in [0.4, 0.5) is 0 Å². The second-order valence-electron chi connectivity index (χ2n) is 5.58. The van der Waals surface area contributed by atoms with Crippen LogP contribution >= 0.6 is 0 Å². The van der Waals surface area contributed by atoms with Gasteiger partial charge in [0.1, 0.15) is 6.10 Å². The Morgan fingerprint density at radius 3 is 3.06 bits per heavy atom. The molecule has 2 aliphatic carbocycles. The first-order valence-corrected chi connectivity index (χ1v) is 6.75. The minimum absolute atomic E-state index is 0.430. The van der Waals surface area contributed by atoms with Crippen LogP contribution in [-0.4, -0.2) is 13.2 Å². The van der Waals surface area contributed by atoms with Crippen LogP contribution in [0, 0.1) is 5.92 Å². The van der Waals surface area contributed by atoms with Crippen LogP contribution in [0.2, 0.25) is 0 Å². The van der Waals surface area contributed by atoms with Gasteiger partial charge in [-0.15, -0.1) is 0 Å². The van der Waals surface area contributed by atoms with E-state index in [1.807, 2.05) is 0 Å². The monoisotopic (exact) mass is 230 g/mol. The molecule has 0 N–H and O–H groups in total. The first kappa shape index (κ1) is 9.81. The van der Waals surface area contributed by atoms with E-state index < -0.39 is 0 Å². The van der Waals surface area contributed by atoms with Gasteiger partial charge in [-0.3, -0.25) is 0 Å². The SMILES string of the molecule is COc1ccc2c3c1O[C@@H]1CCCC(CC2)C31. The van der Waals surface area contributed by atoms with Crippen molar-refractivity contribution < 1.29 is 9.47 Å². The topological polar surface area (TPSA) is 18.5 Å². The summed E-state index contributed by atoms with van der Waals surface area (Å²) in [6.07, 6.45) is 6.95. The first-order valence-electron chi connectivity index (χ1n) is 6.75. The van der Waals surface area contributed by atoms with Gasteiger partial charge in [-0.25, -0.2) is 0 Å². The second kappa shape index (κ2) is 3.41. The minimum Gasteiger partial charge on any atom is -0.493 e. The quantitative estimate of drug-likeness (QED) is 0.737. The molecule has 1 saturated carbocycles. The van der Waals surface area contributed by atoms with Crippen LogP contribution < -0.4 is 9.47 Å². The molecule has 4 rings (SSSR count). The molecule has 0 bridgehead atoms. The maximum absolute atomic E-state index is 6.20. The van der Waals surface area contributed by atoms with Crippen LogP contribution in [0.1, 0.15) is 42.7 Å².